The van der Waals surface area contributed by atoms with Crippen LogP contribution < -0.4 is 5.43 Å². The maximum absolute atomic E-state index is 6.03. The second-order valence-electron chi connectivity index (χ2n) is 5.15. The van der Waals surface area contributed by atoms with Crippen molar-refractivity contribution >= 4 is 0 Å². The predicted molar refractivity (Wildman–Crippen MR) is 64.0 cm³/mol. The average Bonchev–Trinajstić information content (AvgIpc) is 2.91. The van der Waals surface area contributed by atoms with Crippen molar-refractivity contribution in [2.75, 3.05) is 12.0 Å². The highest BCUT2D eigenvalue weighted by molar-refractivity contribution is 5.00. The van der Waals surface area contributed by atoms with E-state index < -0.39 is 0 Å². The van der Waals surface area contributed by atoms with Gasteiger partial charge in [0.1, 0.15) is 0 Å². The molecule has 1 aromatic rings. The van der Waals surface area contributed by atoms with Crippen LogP contribution in [0.1, 0.15) is 38.5 Å². The smallest absolute Gasteiger partial charge is 0.0702 e. The van der Waals surface area contributed by atoms with E-state index in [4.69, 9.17) is 4.74 Å². The van der Waals surface area contributed by atoms with Gasteiger partial charge in [-0.1, -0.05) is 12.8 Å². The van der Waals surface area contributed by atoms with Crippen LogP contribution in [0, 0.1) is 0 Å². The van der Waals surface area contributed by atoms with Crippen LogP contribution in [-0.2, 0) is 4.74 Å². The molecule has 2 heterocycles. The van der Waals surface area contributed by atoms with Crippen molar-refractivity contribution in [3.8, 4) is 0 Å². The summed E-state index contributed by atoms with van der Waals surface area (Å²) in [6.07, 6.45) is 11.6. The van der Waals surface area contributed by atoms with E-state index in [9.17, 15) is 0 Å². The van der Waals surface area contributed by atoms with Crippen LogP contribution in [0.5, 0.6) is 0 Å². The van der Waals surface area contributed by atoms with E-state index in [0.29, 0.717) is 6.04 Å². The molecule has 3 nitrogen and oxygen atoms in total. The Hall–Kier alpha value is -0.960. The van der Waals surface area contributed by atoms with Gasteiger partial charge in [-0.2, -0.15) is 0 Å². The standard InChI is InChI=1S/C13H20N2O/c1-2-7-13(6-1)11-12(5-10-16-13)14-15-8-3-4-9-15/h3-4,8-9,12,14H,1-2,5-7,10-11H2. The first kappa shape index (κ1) is 10.2. The molecule has 1 aromatic heterocycles. The lowest BCUT2D eigenvalue weighted by molar-refractivity contribution is -0.0779. The highest BCUT2D eigenvalue weighted by atomic mass is 16.5. The van der Waals surface area contributed by atoms with Crippen LogP contribution in [0.4, 0.5) is 0 Å². The summed E-state index contributed by atoms with van der Waals surface area (Å²) in [7, 11) is 0. The van der Waals surface area contributed by atoms with Crippen molar-refractivity contribution in [3.05, 3.63) is 24.5 Å². The van der Waals surface area contributed by atoms with E-state index in [-0.39, 0.29) is 5.60 Å². The first-order valence-corrected chi connectivity index (χ1v) is 6.40. The molecule has 0 bridgehead atoms. The molecule has 0 radical (unpaired) electrons. The van der Waals surface area contributed by atoms with Crippen LogP contribution >= 0.6 is 0 Å². The Morgan fingerprint density at radius 2 is 1.94 bits per heavy atom. The van der Waals surface area contributed by atoms with Gasteiger partial charge in [0.2, 0.25) is 0 Å². The molecule has 3 rings (SSSR count). The molecule has 1 unspecified atom stereocenters. The number of nitrogens with zero attached hydrogens (tertiary/aromatic N) is 1. The van der Waals surface area contributed by atoms with Crippen LogP contribution in [-0.4, -0.2) is 22.9 Å². The Morgan fingerprint density at radius 3 is 2.69 bits per heavy atom. The summed E-state index contributed by atoms with van der Waals surface area (Å²) >= 11 is 0. The van der Waals surface area contributed by atoms with Crippen molar-refractivity contribution in [2.24, 2.45) is 0 Å². The van der Waals surface area contributed by atoms with Crippen molar-refractivity contribution in [1.29, 1.82) is 0 Å². The molecule has 1 N–H and O–H groups in total. The molecule has 88 valence electrons. The van der Waals surface area contributed by atoms with Gasteiger partial charge < -0.3 is 10.2 Å². The summed E-state index contributed by atoms with van der Waals surface area (Å²) in [6.45, 7) is 0.916. The van der Waals surface area contributed by atoms with Gasteiger partial charge in [0, 0.05) is 25.0 Å². The number of ether oxygens (including phenoxy) is 1. The summed E-state index contributed by atoms with van der Waals surface area (Å²) < 4.78 is 8.09. The molecule has 1 atom stereocenters. The summed E-state index contributed by atoms with van der Waals surface area (Å²) in [6, 6.07) is 4.68. The predicted octanol–water partition coefficient (Wildman–Crippen LogP) is 2.52. The largest absolute Gasteiger partial charge is 0.375 e. The van der Waals surface area contributed by atoms with E-state index in [0.717, 1.165) is 13.0 Å². The number of hydrogen-bond donors (Lipinski definition) is 1. The maximum Gasteiger partial charge on any atom is 0.0702 e. The highest BCUT2D eigenvalue weighted by Crippen LogP contribution is 2.40. The van der Waals surface area contributed by atoms with Crippen LogP contribution in [0.25, 0.3) is 0 Å². The molecule has 0 aromatic carbocycles. The summed E-state index contributed by atoms with van der Waals surface area (Å²) in [5.74, 6) is 0. The molecule has 1 aliphatic carbocycles. The summed E-state index contributed by atoms with van der Waals surface area (Å²) in [5, 5.41) is 0. The van der Waals surface area contributed by atoms with Crippen LogP contribution in [0.15, 0.2) is 24.5 Å². The van der Waals surface area contributed by atoms with Crippen molar-refractivity contribution in [3.63, 3.8) is 0 Å². The number of nitrogens with one attached hydrogen (secondary N) is 1. The third-order valence-corrected chi connectivity index (χ3v) is 3.94. The SMILES string of the molecule is c1ccn(NC2CCOC3(CCCC3)C2)c1. The normalized spacial score (nSPS) is 28.4. The first-order chi connectivity index (χ1) is 7.86. The quantitative estimate of drug-likeness (QED) is 0.829. The number of hydrogen-bond acceptors (Lipinski definition) is 2. The van der Waals surface area contributed by atoms with Gasteiger partial charge in [0.05, 0.1) is 5.60 Å². The lowest BCUT2D eigenvalue weighted by Crippen LogP contribution is -2.44. The molecular weight excluding hydrogens is 200 g/mol. The molecule has 2 aliphatic rings. The van der Waals surface area contributed by atoms with E-state index in [1.165, 1.54) is 32.1 Å². The van der Waals surface area contributed by atoms with E-state index in [1.807, 2.05) is 0 Å². The fourth-order valence-electron chi connectivity index (χ4n) is 3.14. The van der Waals surface area contributed by atoms with Gasteiger partial charge in [-0.3, -0.25) is 4.68 Å². The second-order valence-corrected chi connectivity index (χ2v) is 5.15. The monoisotopic (exact) mass is 220 g/mol. The van der Waals surface area contributed by atoms with Crippen molar-refractivity contribution in [1.82, 2.24) is 4.68 Å². The minimum absolute atomic E-state index is 0.211. The minimum atomic E-state index is 0.211. The third-order valence-electron chi connectivity index (χ3n) is 3.94. The van der Waals surface area contributed by atoms with Crippen LogP contribution in [0.2, 0.25) is 0 Å². The zero-order valence-electron chi connectivity index (χ0n) is 9.69. The Morgan fingerprint density at radius 1 is 1.19 bits per heavy atom. The molecule has 0 amide bonds. The minimum Gasteiger partial charge on any atom is -0.375 e. The van der Waals surface area contributed by atoms with Gasteiger partial charge in [-0.05, 0) is 37.8 Å². The van der Waals surface area contributed by atoms with Crippen LogP contribution in [0.3, 0.4) is 0 Å². The molecule has 1 saturated carbocycles. The van der Waals surface area contributed by atoms with E-state index in [1.54, 1.807) is 0 Å². The second kappa shape index (κ2) is 4.13. The van der Waals surface area contributed by atoms with Crippen molar-refractivity contribution in [2.45, 2.75) is 50.2 Å². The van der Waals surface area contributed by atoms with Gasteiger partial charge in [0.25, 0.3) is 0 Å². The van der Waals surface area contributed by atoms with Gasteiger partial charge >= 0.3 is 0 Å². The highest BCUT2D eigenvalue weighted by Gasteiger charge is 2.39. The fraction of sp³-hybridized carbons (Fsp3) is 0.692. The van der Waals surface area contributed by atoms with Gasteiger partial charge in [-0.15, -0.1) is 0 Å². The zero-order valence-corrected chi connectivity index (χ0v) is 9.69. The molecule has 3 heteroatoms. The molecule has 1 saturated heterocycles. The maximum atomic E-state index is 6.03. The van der Waals surface area contributed by atoms with E-state index in [2.05, 4.69) is 34.6 Å². The fourth-order valence-corrected chi connectivity index (χ4v) is 3.14. The van der Waals surface area contributed by atoms with Gasteiger partial charge in [-0.25, -0.2) is 0 Å². The molecular formula is C13H20N2O. The first-order valence-electron chi connectivity index (χ1n) is 6.40. The number of aromatic nitrogens is 1. The van der Waals surface area contributed by atoms with E-state index >= 15 is 0 Å². The van der Waals surface area contributed by atoms with Gasteiger partial charge in [0.15, 0.2) is 0 Å². The molecule has 16 heavy (non-hydrogen) atoms. The summed E-state index contributed by atoms with van der Waals surface area (Å²) in [5.41, 5.74) is 3.76. The lowest BCUT2D eigenvalue weighted by Gasteiger charge is -2.38. The molecule has 1 aliphatic heterocycles. The zero-order chi connectivity index (χ0) is 10.8. The molecule has 1 spiro atoms. The van der Waals surface area contributed by atoms with Crippen molar-refractivity contribution < 1.29 is 4.74 Å². The average molecular weight is 220 g/mol. The third kappa shape index (κ3) is 1.96. The lowest BCUT2D eigenvalue weighted by atomic mass is 9.89. The Kier molecular flexibility index (Phi) is 2.64. The topological polar surface area (TPSA) is 26.2 Å². The summed E-state index contributed by atoms with van der Waals surface area (Å²) in [4.78, 5) is 0. The Labute approximate surface area is 96.8 Å². The number of rotatable bonds is 2. The molecule has 2 fully saturated rings. The Bertz CT molecular complexity index is 328. The Balaban J connectivity index is 1.63.